The van der Waals surface area contributed by atoms with Gasteiger partial charge in [0.1, 0.15) is 11.6 Å². The molecule has 1 fully saturated rings. The maximum Gasteiger partial charge on any atom is 0.410 e. The number of hydrogen-bond donors (Lipinski definition) is 1. The van der Waals surface area contributed by atoms with Crippen molar-refractivity contribution in [2.24, 2.45) is 0 Å². The maximum absolute atomic E-state index is 12.7. The lowest BCUT2D eigenvalue weighted by Gasteiger charge is -2.35. The van der Waals surface area contributed by atoms with Crippen LogP contribution in [0.5, 0.6) is 0 Å². The Morgan fingerprint density at radius 1 is 1.18 bits per heavy atom. The Morgan fingerprint density at radius 3 is 2.75 bits per heavy atom. The SMILES string of the molecule is CC(C)(C)OC(=O)N1CCCCC1C(=O)NCCCn1ccc2ccccc21. The van der Waals surface area contributed by atoms with E-state index in [-0.39, 0.29) is 5.91 Å². The molecule has 28 heavy (non-hydrogen) atoms. The van der Waals surface area contributed by atoms with Gasteiger partial charge in [-0.2, -0.15) is 0 Å². The predicted molar refractivity (Wildman–Crippen MR) is 110 cm³/mol. The van der Waals surface area contributed by atoms with Crippen molar-refractivity contribution < 1.29 is 14.3 Å². The first kappa shape index (κ1) is 20.2. The molecule has 2 heterocycles. The van der Waals surface area contributed by atoms with Gasteiger partial charge in [-0.25, -0.2) is 4.79 Å². The lowest BCUT2D eigenvalue weighted by Crippen LogP contribution is -2.53. The summed E-state index contributed by atoms with van der Waals surface area (Å²) in [6.07, 6.45) is 5.07. The summed E-state index contributed by atoms with van der Waals surface area (Å²) in [5.74, 6) is -0.0806. The summed E-state index contributed by atoms with van der Waals surface area (Å²) in [6, 6.07) is 9.95. The van der Waals surface area contributed by atoms with Crippen molar-refractivity contribution in [3.8, 4) is 0 Å². The van der Waals surface area contributed by atoms with Crippen LogP contribution in [-0.4, -0.2) is 46.2 Å². The molecule has 2 amide bonds. The molecule has 1 aliphatic heterocycles. The van der Waals surface area contributed by atoms with Gasteiger partial charge in [-0.3, -0.25) is 9.69 Å². The van der Waals surface area contributed by atoms with Crippen LogP contribution in [0.25, 0.3) is 10.9 Å². The van der Waals surface area contributed by atoms with Crippen molar-refractivity contribution in [1.29, 1.82) is 0 Å². The molecule has 0 saturated carbocycles. The first-order valence-corrected chi connectivity index (χ1v) is 10.2. The second-order valence-electron chi connectivity index (χ2n) is 8.40. The standard InChI is InChI=1S/C22H31N3O3/c1-22(2,3)28-21(27)25-15-7-6-11-19(25)20(26)23-13-8-14-24-16-12-17-9-4-5-10-18(17)24/h4-5,9-10,12,16,19H,6-8,11,13-15H2,1-3H3,(H,23,26). The monoisotopic (exact) mass is 385 g/mol. The van der Waals surface area contributed by atoms with E-state index >= 15 is 0 Å². The first-order chi connectivity index (χ1) is 13.3. The predicted octanol–water partition coefficient (Wildman–Crippen LogP) is 3.94. The number of aryl methyl sites for hydroxylation is 1. The van der Waals surface area contributed by atoms with Gasteiger partial charge < -0.3 is 14.6 Å². The third kappa shape index (κ3) is 5.06. The van der Waals surface area contributed by atoms with Crippen molar-refractivity contribution >= 4 is 22.9 Å². The average Bonchev–Trinajstić information content (AvgIpc) is 3.07. The van der Waals surface area contributed by atoms with Gasteiger partial charge in [0, 0.05) is 31.3 Å². The average molecular weight is 386 g/mol. The Kier molecular flexibility index (Phi) is 6.27. The van der Waals surface area contributed by atoms with Crippen molar-refractivity contribution in [1.82, 2.24) is 14.8 Å². The highest BCUT2D eigenvalue weighted by atomic mass is 16.6. The smallest absolute Gasteiger partial charge is 0.410 e. The van der Waals surface area contributed by atoms with Gasteiger partial charge in [0.25, 0.3) is 0 Å². The minimum absolute atomic E-state index is 0.0806. The Labute approximate surface area is 166 Å². The number of carbonyl (C=O) groups is 2. The van der Waals surface area contributed by atoms with E-state index < -0.39 is 17.7 Å². The zero-order valence-corrected chi connectivity index (χ0v) is 17.1. The molecule has 0 radical (unpaired) electrons. The number of piperidine rings is 1. The van der Waals surface area contributed by atoms with Gasteiger partial charge in [0.2, 0.25) is 5.91 Å². The number of aromatic nitrogens is 1. The topological polar surface area (TPSA) is 63.6 Å². The number of ether oxygens (including phenoxy) is 1. The molecule has 152 valence electrons. The van der Waals surface area contributed by atoms with Gasteiger partial charge in [-0.1, -0.05) is 18.2 Å². The summed E-state index contributed by atoms with van der Waals surface area (Å²) >= 11 is 0. The first-order valence-electron chi connectivity index (χ1n) is 10.2. The molecule has 0 bridgehead atoms. The molecule has 1 atom stereocenters. The van der Waals surface area contributed by atoms with E-state index in [4.69, 9.17) is 4.74 Å². The lowest BCUT2D eigenvalue weighted by molar-refractivity contribution is -0.127. The number of benzene rings is 1. The molecule has 6 heteroatoms. The summed E-state index contributed by atoms with van der Waals surface area (Å²) < 4.78 is 7.68. The lowest BCUT2D eigenvalue weighted by atomic mass is 10.0. The Hall–Kier alpha value is -2.50. The molecule has 1 N–H and O–H groups in total. The van der Waals surface area contributed by atoms with Crippen molar-refractivity contribution in [2.75, 3.05) is 13.1 Å². The van der Waals surface area contributed by atoms with Crippen LogP contribution >= 0.6 is 0 Å². The number of para-hydroxylation sites is 1. The number of likely N-dealkylation sites (tertiary alicyclic amines) is 1. The van der Waals surface area contributed by atoms with Crippen LogP contribution in [0.2, 0.25) is 0 Å². The Bertz CT molecular complexity index is 822. The summed E-state index contributed by atoms with van der Waals surface area (Å²) in [5, 5.41) is 4.23. The molecule has 0 aliphatic carbocycles. The normalized spacial score (nSPS) is 17.5. The van der Waals surface area contributed by atoms with Gasteiger partial charge >= 0.3 is 6.09 Å². The van der Waals surface area contributed by atoms with Crippen LogP contribution in [-0.2, 0) is 16.1 Å². The number of rotatable bonds is 5. The van der Waals surface area contributed by atoms with Crippen molar-refractivity contribution in [3.05, 3.63) is 36.5 Å². The van der Waals surface area contributed by atoms with Crippen LogP contribution < -0.4 is 5.32 Å². The fraction of sp³-hybridized carbons (Fsp3) is 0.545. The molecule has 1 saturated heterocycles. The zero-order chi connectivity index (χ0) is 20.1. The molecular formula is C22H31N3O3. The maximum atomic E-state index is 12.7. The van der Waals surface area contributed by atoms with Crippen molar-refractivity contribution in [2.45, 2.75) is 64.6 Å². The highest BCUT2D eigenvalue weighted by Crippen LogP contribution is 2.21. The number of hydrogen-bond acceptors (Lipinski definition) is 3. The molecule has 1 aliphatic rings. The molecule has 0 spiro atoms. The zero-order valence-electron chi connectivity index (χ0n) is 17.1. The Balaban J connectivity index is 1.50. The van der Waals surface area contributed by atoms with Crippen LogP contribution in [0.1, 0.15) is 46.5 Å². The number of nitrogens with one attached hydrogen (secondary N) is 1. The number of amides is 2. The molecule has 1 aromatic carbocycles. The van der Waals surface area contributed by atoms with Crippen LogP contribution in [0.3, 0.4) is 0 Å². The van der Waals surface area contributed by atoms with E-state index in [9.17, 15) is 9.59 Å². The molecular weight excluding hydrogens is 354 g/mol. The van der Waals surface area contributed by atoms with E-state index in [0.717, 1.165) is 25.8 Å². The highest BCUT2D eigenvalue weighted by Gasteiger charge is 2.34. The van der Waals surface area contributed by atoms with Gasteiger partial charge in [0.05, 0.1) is 0 Å². The van der Waals surface area contributed by atoms with Crippen LogP contribution in [0, 0.1) is 0 Å². The molecule has 6 nitrogen and oxygen atoms in total. The molecule has 1 aromatic heterocycles. The molecule has 1 unspecified atom stereocenters. The van der Waals surface area contributed by atoms with Gasteiger partial charge in [0.15, 0.2) is 0 Å². The third-order valence-corrected chi connectivity index (χ3v) is 4.99. The summed E-state index contributed by atoms with van der Waals surface area (Å²) in [4.78, 5) is 26.7. The summed E-state index contributed by atoms with van der Waals surface area (Å²) in [5.41, 5.74) is 0.645. The second-order valence-corrected chi connectivity index (χ2v) is 8.40. The summed E-state index contributed by atoms with van der Waals surface area (Å²) in [6.45, 7) is 7.53. The molecule has 3 rings (SSSR count). The summed E-state index contributed by atoms with van der Waals surface area (Å²) in [7, 11) is 0. The van der Waals surface area contributed by atoms with E-state index in [1.54, 1.807) is 4.90 Å². The highest BCUT2D eigenvalue weighted by molar-refractivity contribution is 5.86. The fourth-order valence-electron chi connectivity index (χ4n) is 3.66. The minimum atomic E-state index is -0.560. The number of carbonyl (C=O) groups excluding carboxylic acids is 2. The van der Waals surface area contributed by atoms with E-state index in [2.05, 4.69) is 34.3 Å². The van der Waals surface area contributed by atoms with Crippen LogP contribution in [0.4, 0.5) is 4.79 Å². The van der Waals surface area contributed by atoms with Crippen molar-refractivity contribution in [3.63, 3.8) is 0 Å². The third-order valence-electron chi connectivity index (χ3n) is 4.99. The number of fused-ring (bicyclic) bond motifs is 1. The second kappa shape index (κ2) is 8.67. The quantitative estimate of drug-likeness (QED) is 0.793. The van der Waals surface area contributed by atoms with E-state index in [0.29, 0.717) is 19.5 Å². The van der Waals surface area contributed by atoms with Gasteiger partial charge in [-0.05, 0) is 64.0 Å². The van der Waals surface area contributed by atoms with Gasteiger partial charge in [-0.15, -0.1) is 0 Å². The fourth-order valence-corrected chi connectivity index (χ4v) is 3.66. The Morgan fingerprint density at radius 2 is 1.96 bits per heavy atom. The number of nitrogens with zero attached hydrogens (tertiary/aromatic N) is 2. The largest absolute Gasteiger partial charge is 0.444 e. The minimum Gasteiger partial charge on any atom is -0.444 e. The van der Waals surface area contributed by atoms with E-state index in [1.807, 2.05) is 32.9 Å². The molecule has 2 aromatic rings. The van der Waals surface area contributed by atoms with E-state index in [1.165, 1.54) is 10.9 Å². The van der Waals surface area contributed by atoms with Crippen LogP contribution in [0.15, 0.2) is 36.5 Å².